The number of benzene rings is 3. The van der Waals surface area contributed by atoms with Gasteiger partial charge in [0.05, 0.1) is 27.1 Å². The molecule has 0 saturated heterocycles. The van der Waals surface area contributed by atoms with E-state index in [0.717, 1.165) is 51.4 Å². The lowest BCUT2D eigenvalue weighted by atomic mass is 9.77. The van der Waals surface area contributed by atoms with Crippen LogP contribution in [0.4, 0.5) is 4.39 Å². The maximum absolute atomic E-state index is 16.0. The number of halogens is 1. The van der Waals surface area contributed by atoms with Gasteiger partial charge in [-0.2, -0.15) is 0 Å². The van der Waals surface area contributed by atoms with Gasteiger partial charge < -0.3 is 33.2 Å². The van der Waals surface area contributed by atoms with Gasteiger partial charge in [0.25, 0.3) is 0 Å². The molecule has 1 fully saturated rings. The molecule has 0 aliphatic heterocycles. The molecule has 364 valence electrons. The van der Waals surface area contributed by atoms with Crippen LogP contribution in [0.25, 0.3) is 22.3 Å². The molecule has 0 aromatic heterocycles. The number of methoxy groups -OCH3 is 2. The molecular formula is C54H63FO13. The molecule has 0 unspecified atom stereocenters. The highest BCUT2D eigenvalue weighted by Gasteiger charge is 2.38. The van der Waals surface area contributed by atoms with Crippen molar-refractivity contribution in [3.63, 3.8) is 0 Å². The highest BCUT2D eigenvalue weighted by molar-refractivity contribution is 5.94. The maximum atomic E-state index is 16.0. The quantitative estimate of drug-likeness (QED) is 0.0259. The molecule has 0 spiro atoms. The van der Waals surface area contributed by atoms with Crippen LogP contribution in [0.15, 0.2) is 109 Å². The lowest BCUT2D eigenvalue weighted by Crippen LogP contribution is -2.44. The summed E-state index contributed by atoms with van der Waals surface area (Å²) in [6.45, 7) is 17.6. The van der Waals surface area contributed by atoms with Crippen molar-refractivity contribution in [2.75, 3.05) is 40.6 Å². The summed E-state index contributed by atoms with van der Waals surface area (Å²) in [6.07, 6.45) is 8.31. The monoisotopic (exact) mass is 938 g/mol. The number of carbonyl (C=O) groups is 6. The SMILES string of the molecule is C=C(C)C(=O)OCC(COC(=O)CC(=C)C(=O)OC)(COC(=O)CC(=C)C(=O)OC)COc1ccc(-c2ccc(-c3ccc(C4CCC(CCCCC)CC4)cc3F)cc2OC(=O)C(=C)C)cc1. The van der Waals surface area contributed by atoms with Crippen LogP contribution in [0, 0.1) is 17.2 Å². The van der Waals surface area contributed by atoms with Crippen LogP contribution >= 0.6 is 0 Å². The Labute approximate surface area is 398 Å². The van der Waals surface area contributed by atoms with Crippen LogP contribution in [0.3, 0.4) is 0 Å². The minimum atomic E-state index is -1.57. The standard InChI is InChI=1S/C54H63FO13/c1-10-11-12-13-38-14-16-39(17-15-38)41-20-24-44(46(55)28-41)42-21-25-45(47(29-42)68-51(59)35(4)5)40-18-22-43(23-19-40)64-30-54(33-67-50(58)34(2)3,31-65-48(56)26-36(6)52(60)62-8)32-66-49(57)27-37(7)53(61)63-9/h18-25,28-29,38-39H,2,4,6-7,10-17,26-27,30-33H2,1,3,5,8-9H3. The zero-order valence-electron chi connectivity index (χ0n) is 39.8. The Morgan fingerprint density at radius 3 is 1.71 bits per heavy atom. The van der Waals surface area contributed by atoms with E-state index in [2.05, 4.69) is 42.7 Å². The van der Waals surface area contributed by atoms with Gasteiger partial charge in [-0.25, -0.2) is 23.6 Å². The summed E-state index contributed by atoms with van der Waals surface area (Å²) in [5, 5.41) is 0. The normalized spacial score (nSPS) is 14.4. The van der Waals surface area contributed by atoms with Gasteiger partial charge in [0, 0.05) is 33.4 Å². The van der Waals surface area contributed by atoms with Crippen LogP contribution < -0.4 is 9.47 Å². The van der Waals surface area contributed by atoms with Gasteiger partial charge in [-0.05, 0) is 92.3 Å². The molecule has 0 bridgehead atoms. The molecule has 0 amide bonds. The highest BCUT2D eigenvalue weighted by atomic mass is 19.1. The van der Waals surface area contributed by atoms with Crippen LogP contribution in [0.1, 0.15) is 96.5 Å². The minimum absolute atomic E-state index is 0.0539. The van der Waals surface area contributed by atoms with Crippen LogP contribution in [0.5, 0.6) is 11.5 Å². The van der Waals surface area contributed by atoms with Gasteiger partial charge in [-0.15, -0.1) is 0 Å². The van der Waals surface area contributed by atoms with Crippen molar-refractivity contribution in [2.24, 2.45) is 11.3 Å². The van der Waals surface area contributed by atoms with E-state index in [9.17, 15) is 28.8 Å². The zero-order valence-corrected chi connectivity index (χ0v) is 39.8. The molecule has 4 rings (SSSR count). The number of rotatable bonds is 25. The van der Waals surface area contributed by atoms with Crippen LogP contribution in [0.2, 0.25) is 0 Å². The Hall–Kier alpha value is -6.83. The Morgan fingerprint density at radius 1 is 0.632 bits per heavy atom. The molecule has 1 aliphatic carbocycles. The van der Waals surface area contributed by atoms with E-state index in [4.69, 9.17) is 23.7 Å². The predicted octanol–water partition coefficient (Wildman–Crippen LogP) is 10.3. The number of ether oxygens (including phenoxy) is 7. The molecule has 68 heavy (non-hydrogen) atoms. The molecule has 3 aromatic carbocycles. The lowest BCUT2D eigenvalue weighted by Gasteiger charge is -2.32. The highest BCUT2D eigenvalue weighted by Crippen LogP contribution is 2.41. The molecule has 14 heteroatoms. The molecule has 0 N–H and O–H groups in total. The van der Waals surface area contributed by atoms with Crippen molar-refractivity contribution in [1.29, 1.82) is 0 Å². The first-order valence-corrected chi connectivity index (χ1v) is 22.6. The third-order valence-corrected chi connectivity index (χ3v) is 11.7. The molecule has 0 atom stereocenters. The number of esters is 6. The maximum Gasteiger partial charge on any atom is 0.338 e. The van der Waals surface area contributed by atoms with Gasteiger partial charge in [0.2, 0.25) is 0 Å². The summed E-state index contributed by atoms with van der Waals surface area (Å²) in [5.74, 6) is -3.80. The summed E-state index contributed by atoms with van der Waals surface area (Å²) < 4.78 is 53.6. The smallest absolute Gasteiger partial charge is 0.338 e. The van der Waals surface area contributed by atoms with Crippen molar-refractivity contribution in [1.82, 2.24) is 0 Å². The molecular weight excluding hydrogens is 876 g/mol. The first-order valence-electron chi connectivity index (χ1n) is 22.6. The van der Waals surface area contributed by atoms with Gasteiger partial charge in [-0.1, -0.05) is 95.3 Å². The molecule has 0 heterocycles. The molecule has 1 saturated carbocycles. The Bertz CT molecular complexity index is 2310. The molecule has 0 radical (unpaired) electrons. The average Bonchev–Trinajstić information content (AvgIpc) is 3.33. The van der Waals surface area contributed by atoms with Crippen LogP contribution in [-0.2, 0) is 52.5 Å². The van der Waals surface area contributed by atoms with Crippen LogP contribution in [-0.4, -0.2) is 76.5 Å². The van der Waals surface area contributed by atoms with E-state index in [1.807, 2.05) is 6.07 Å². The molecule has 13 nitrogen and oxygen atoms in total. The second-order valence-electron chi connectivity index (χ2n) is 17.4. The minimum Gasteiger partial charge on any atom is -0.493 e. The van der Waals surface area contributed by atoms with E-state index in [-0.39, 0.29) is 46.2 Å². The van der Waals surface area contributed by atoms with E-state index >= 15 is 4.39 Å². The van der Waals surface area contributed by atoms with Gasteiger partial charge in [0.1, 0.15) is 49.2 Å². The summed E-state index contributed by atoms with van der Waals surface area (Å²) in [4.78, 5) is 75.1. The zero-order chi connectivity index (χ0) is 50.0. The summed E-state index contributed by atoms with van der Waals surface area (Å²) in [6, 6.07) is 17.1. The first kappa shape index (κ1) is 53.8. The number of unbranched alkanes of at least 4 members (excludes halogenated alkanes) is 2. The van der Waals surface area contributed by atoms with E-state index in [1.54, 1.807) is 54.6 Å². The Kier molecular flexibility index (Phi) is 20.5. The van der Waals surface area contributed by atoms with E-state index < -0.39 is 73.9 Å². The summed E-state index contributed by atoms with van der Waals surface area (Å²) in [5.41, 5.74) is 1.23. The fraction of sp³-hybridized carbons (Fsp3) is 0.407. The van der Waals surface area contributed by atoms with Gasteiger partial charge >= 0.3 is 35.8 Å². The van der Waals surface area contributed by atoms with Crippen molar-refractivity contribution in [2.45, 2.75) is 90.9 Å². The van der Waals surface area contributed by atoms with Gasteiger partial charge in [0.15, 0.2) is 0 Å². The first-order chi connectivity index (χ1) is 32.4. The predicted molar refractivity (Wildman–Crippen MR) is 254 cm³/mol. The summed E-state index contributed by atoms with van der Waals surface area (Å²) >= 11 is 0. The van der Waals surface area contributed by atoms with Gasteiger partial charge in [-0.3, -0.25) is 9.59 Å². The average molecular weight is 939 g/mol. The second kappa shape index (κ2) is 25.9. The summed E-state index contributed by atoms with van der Waals surface area (Å²) in [7, 11) is 2.25. The number of hydrogen-bond acceptors (Lipinski definition) is 13. The fourth-order valence-corrected chi connectivity index (χ4v) is 7.60. The lowest BCUT2D eigenvalue weighted by molar-refractivity contribution is -0.163. The number of hydrogen-bond donors (Lipinski definition) is 0. The molecule has 1 aliphatic rings. The number of carbonyl (C=O) groups excluding carboxylic acids is 6. The topological polar surface area (TPSA) is 167 Å². The Balaban J connectivity index is 1.60. The third-order valence-electron chi connectivity index (χ3n) is 11.7. The van der Waals surface area contributed by atoms with Crippen molar-refractivity contribution in [3.8, 4) is 33.8 Å². The van der Waals surface area contributed by atoms with E-state index in [1.165, 1.54) is 39.5 Å². The van der Waals surface area contributed by atoms with Crippen molar-refractivity contribution < 1.29 is 66.3 Å². The third kappa shape index (κ3) is 15.9. The Morgan fingerprint density at radius 2 is 1.18 bits per heavy atom. The largest absolute Gasteiger partial charge is 0.493 e. The molecule has 3 aromatic rings. The second-order valence-corrected chi connectivity index (χ2v) is 17.4. The fourth-order valence-electron chi connectivity index (χ4n) is 7.60. The van der Waals surface area contributed by atoms with Crippen molar-refractivity contribution in [3.05, 3.63) is 121 Å². The van der Waals surface area contributed by atoms with E-state index in [0.29, 0.717) is 28.2 Å². The van der Waals surface area contributed by atoms with Crippen molar-refractivity contribution >= 4 is 35.8 Å².